The third-order valence-corrected chi connectivity index (χ3v) is 4.96. The van der Waals surface area contributed by atoms with E-state index >= 15 is 0 Å². The van der Waals surface area contributed by atoms with Crippen molar-refractivity contribution in [2.24, 2.45) is 0 Å². The smallest absolute Gasteiger partial charge is 0.328 e. The lowest BCUT2D eigenvalue weighted by molar-refractivity contribution is -0.145. The summed E-state index contributed by atoms with van der Waals surface area (Å²) in [5, 5.41) is 3.40. The second-order valence-electron chi connectivity index (χ2n) is 6.68. The Labute approximate surface area is 144 Å². The van der Waals surface area contributed by atoms with Crippen molar-refractivity contribution < 1.29 is 9.53 Å². The van der Waals surface area contributed by atoms with Crippen LogP contribution in [-0.2, 0) is 9.53 Å². The first-order valence-corrected chi connectivity index (χ1v) is 9.18. The number of anilines is 1. The van der Waals surface area contributed by atoms with Gasteiger partial charge in [-0.15, -0.1) is 0 Å². The summed E-state index contributed by atoms with van der Waals surface area (Å²) in [5.74, 6) is 2.03. The third-order valence-electron chi connectivity index (χ3n) is 4.96. The van der Waals surface area contributed by atoms with Crippen LogP contribution in [0.25, 0.3) is 0 Å². The van der Waals surface area contributed by atoms with Crippen LogP contribution in [0.3, 0.4) is 0 Å². The molecule has 1 aromatic heterocycles. The molecule has 0 spiro atoms. The third kappa shape index (κ3) is 3.86. The van der Waals surface area contributed by atoms with Gasteiger partial charge < -0.3 is 15.0 Å². The van der Waals surface area contributed by atoms with E-state index in [1.54, 1.807) is 0 Å². The molecule has 3 heterocycles. The molecule has 2 aliphatic rings. The second-order valence-corrected chi connectivity index (χ2v) is 6.68. The largest absolute Gasteiger partial charge is 0.464 e. The van der Waals surface area contributed by atoms with Gasteiger partial charge in [0.15, 0.2) is 0 Å². The first kappa shape index (κ1) is 17.1. The van der Waals surface area contributed by atoms with E-state index in [0.717, 1.165) is 69.1 Å². The number of hydrogen-bond acceptors (Lipinski definition) is 6. The van der Waals surface area contributed by atoms with Gasteiger partial charge in [-0.1, -0.05) is 0 Å². The molecule has 6 heteroatoms. The van der Waals surface area contributed by atoms with Crippen LogP contribution in [0.2, 0.25) is 0 Å². The average molecular weight is 332 g/mol. The Hall–Kier alpha value is -1.69. The highest BCUT2D eigenvalue weighted by Crippen LogP contribution is 2.29. The molecule has 0 amide bonds. The first-order valence-electron chi connectivity index (χ1n) is 9.18. The Morgan fingerprint density at radius 3 is 2.83 bits per heavy atom. The van der Waals surface area contributed by atoms with Gasteiger partial charge in [0.1, 0.15) is 17.7 Å². The minimum absolute atomic E-state index is 0.128. The fourth-order valence-electron chi connectivity index (χ4n) is 3.74. The molecule has 6 nitrogen and oxygen atoms in total. The van der Waals surface area contributed by atoms with Crippen molar-refractivity contribution >= 4 is 11.8 Å². The van der Waals surface area contributed by atoms with Crippen LogP contribution >= 0.6 is 0 Å². The van der Waals surface area contributed by atoms with Crippen LogP contribution in [0.5, 0.6) is 0 Å². The quantitative estimate of drug-likeness (QED) is 0.853. The van der Waals surface area contributed by atoms with Crippen molar-refractivity contribution in [3.63, 3.8) is 0 Å². The molecule has 0 aliphatic carbocycles. The van der Waals surface area contributed by atoms with Crippen LogP contribution in [0.1, 0.15) is 56.5 Å². The van der Waals surface area contributed by atoms with Crippen LogP contribution in [0.15, 0.2) is 6.07 Å². The van der Waals surface area contributed by atoms with E-state index in [9.17, 15) is 4.79 Å². The van der Waals surface area contributed by atoms with E-state index in [1.165, 1.54) is 0 Å². The summed E-state index contributed by atoms with van der Waals surface area (Å²) in [6.45, 7) is 7.15. The molecule has 3 rings (SSSR count). The lowest BCUT2D eigenvalue weighted by Gasteiger charge is -2.35. The van der Waals surface area contributed by atoms with Crippen LogP contribution in [0, 0.1) is 6.92 Å². The molecule has 2 aliphatic heterocycles. The van der Waals surface area contributed by atoms with Crippen LogP contribution in [-0.4, -0.2) is 48.2 Å². The summed E-state index contributed by atoms with van der Waals surface area (Å²) < 4.78 is 5.28. The molecular formula is C18H28N4O2. The molecule has 1 atom stereocenters. The Kier molecular flexibility index (Phi) is 5.66. The van der Waals surface area contributed by atoms with Crippen molar-refractivity contribution in [3.8, 4) is 0 Å². The molecular weight excluding hydrogens is 304 g/mol. The number of aryl methyl sites for hydroxylation is 1. The Morgan fingerprint density at radius 1 is 1.29 bits per heavy atom. The number of nitrogens with one attached hydrogen (secondary N) is 1. The average Bonchev–Trinajstić information content (AvgIpc) is 2.62. The summed E-state index contributed by atoms with van der Waals surface area (Å²) in [7, 11) is 0. The molecule has 0 aromatic carbocycles. The van der Waals surface area contributed by atoms with Gasteiger partial charge in [-0.25, -0.2) is 14.8 Å². The standard InChI is InChI=1S/C18H28N4O2/c1-3-24-18(23)16-6-4-5-11-22(16)17-12-15(20-13(2)21-17)14-7-9-19-10-8-14/h12,14,16,19H,3-11H2,1-2H3/t16-/m1/s1. The fraction of sp³-hybridized carbons (Fsp3) is 0.722. The minimum atomic E-state index is -0.214. The lowest BCUT2D eigenvalue weighted by Crippen LogP contribution is -2.46. The number of hydrogen-bond donors (Lipinski definition) is 1. The first-order chi connectivity index (χ1) is 11.7. The molecule has 0 radical (unpaired) electrons. The maximum absolute atomic E-state index is 12.3. The molecule has 2 saturated heterocycles. The van der Waals surface area contributed by atoms with Crippen LogP contribution in [0.4, 0.5) is 5.82 Å². The van der Waals surface area contributed by atoms with Crippen molar-refractivity contribution in [1.29, 1.82) is 0 Å². The Morgan fingerprint density at radius 2 is 2.08 bits per heavy atom. The van der Waals surface area contributed by atoms with Crippen molar-refractivity contribution in [3.05, 3.63) is 17.6 Å². The highest BCUT2D eigenvalue weighted by molar-refractivity contribution is 5.80. The van der Waals surface area contributed by atoms with Crippen molar-refractivity contribution in [1.82, 2.24) is 15.3 Å². The number of rotatable bonds is 4. The van der Waals surface area contributed by atoms with Crippen molar-refractivity contribution in [2.75, 3.05) is 31.1 Å². The SMILES string of the molecule is CCOC(=O)[C@H]1CCCCN1c1cc(C2CCNCC2)nc(C)n1. The highest BCUT2D eigenvalue weighted by Gasteiger charge is 2.31. The van der Waals surface area contributed by atoms with E-state index in [2.05, 4.69) is 26.3 Å². The zero-order chi connectivity index (χ0) is 16.9. The van der Waals surface area contributed by atoms with Gasteiger partial charge in [-0.3, -0.25) is 0 Å². The summed E-state index contributed by atoms with van der Waals surface area (Å²) in [4.78, 5) is 23.8. The molecule has 1 aromatic rings. The van der Waals surface area contributed by atoms with Gasteiger partial charge in [0.25, 0.3) is 0 Å². The topological polar surface area (TPSA) is 67.3 Å². The molecule has 0 bridgehead atoms. The van der Waals surface area contributed by atoms with E-state index in [-0.39, 0.29) is 12.0 Å². The number of carbonyl (C=O) groups is 1. The Bertz CT molecular complexity index is 572. The number of aromatic nitrogens is 2. The van der Waals surface area contributed by atoms with E-state index in [0.29, 0.717) is 12.5 Å². The van der Waals surface area contributed by atoms with Gasteiger partial charge in [0, 0.05) is 24.2 Å². The predicted molar refractivity (Wildman–Crippen MR) is 93.2 cm³/mol. The van der Waals surface area contributed by atoms with Gasteiger partial charge in [-0.2, -0.15) is 0 Å². The molecule has 132 valence electrons. The number of nitrogens with zero attached hydrogens (tertiary/aromatic N) is 3. The summed E-state index contributed by atoms with van der Waals surface area (Å²) >= 11 is 0. The van der Waals surface area contributed by atoms with Crippen molar-refractivity contribution in [2.45, 2.75) is 57.9 Å². The normalized spacial score (nSPS) is 22.4. The predicted octanol–water partition coefficient (Wildman–Crippen LogP) is 2.17. The Balaban J connectivity index is 1.85. The van der Waals surface area contributed by atoms with Gasteiger partial charge in [0.05, 0.1) is 6.61 Å². The number of esters is 1. The minimum Gasteiger partial charge on any atom is -0.464 e. The monoisotopic (exact) mass is 332 g/mol. The number of piperidine rings is 2. The number of carbonyl (C=O) groups excluding carboxylic acids is 1. The van der Waals surface area contributed by atoms with E-state index in [1.807, 2.05) is 13.8 Å². The van der Waals surface area contributed by atoms with Gasteiger partial charge >= 0.3 is 5.97 Å². The van der Waals surface area contributed by atoms with Crippen LogP contribution < -0.4 is 10.2 Å². The lowest BCUT2D eigenvalue weighted by atomic mass is 9.94. The number of ether oxygens (including phenoxy) is 1. The summed E-state index contributed by atoms with van der Waals surface area (Å²) in [5.41, 5.74) is 1.12. The van der Waals surface area contributed by atoms with Gasteiger partial charge in [-0.05, 0) is 59.0 Å². The second kappa shape index (κ2) is 7.92. The molecule has 2 fully saturated rings. The molecule has 24 heavy (non-hydrogen) atoms. The maximum Gasteiger partial charge on any atom is 0.328 e. The zero-order valence-electron chi connectivity index (χ0n) is 14.8. The highest BCUT2D eigenvalue weighted by atomic mass is 16.5. The molecule has 0 unspecified atom stereocenters. The summed E-state index contributed by atoms with van der Waals surface area (Å²) in [6.07, 6.45) is 5.20. The summed E-state index contributed by atoms with van der Waals surface area (Å²) in [6, 6.07) is 1.88. The van der Waals surface area contributed by atoms with Gasteiger partial charge in [0.2, 0.25) is 0 Å². The zero-order valence-corrected chi connectivity index (χ0v) is 14.8. The van der Waals surface area contributed by atoms with E-state index in [4.69, 9.17) is 4.74 Å². The van der Waals surface area contributed by atoms with E-state index < -0.39 is 0 Å². The molecule has 1 N–H and O–H groups in total. The molecule has 0 saturated carbocycles. The maximum atomic E-state index is 12.3. The fourth-order valence-corrected chi connectivity index (χ4v) is 3.74.